The summed E-state index contributed by atoms with van der Waals surface area (Å²) in [6, 6.07) is 1.87. The van der Waals surface area contributed by atoms with Crippen LogP contribution in [0.4, 0.5) is 9.18 Å². The number of aromatic hydroxyl groups is 1. The van der Waals surface area contributed by atoms with E-state index in [0.717, 1.165) is 6.07 Å². The Morgan fingerprint density at radius 2 is 2.15 bits per heavy atom. The molecule has 0 heterocycles. The van der Waals surface area contributed by atoms with Gasteiger partial charge in [0, 0.05) is 16.6 Å². The highest BCUT2D eigenvalue weighted by Gasteiger charge is 2.23. The fraction of sp³-hybridized carbons (Fsp3) is 0.462. The van der Waals surface area contributed by atoms with Crippen molar-refractivity contribution in [2.45, 2.75) is 32.4 Å². The number of rotatable bonds is 3. The molecule has 0 radical (unpaired) electrons. The highest BCUT2D eigenvalue weighted by Crippen LogP contribution is 2.30. The van der Waals surface area contributed by atoms with Crippen LogP contribution in [0, 0.1) is 5.82 Å². The lowest BCUT2D eigenvalue weighted by Crippen LogP contribution is -2.37. The first-order chi connectivity index (χ1) is 9.14. The summed E-state index contributed by atoms with van der Waals surface area (Å²) in [5, 5.41) is 12.2. The average Bonchev–Trinajstić information content (AvgIpc) is 2.28. The van der Waals surface area contributed by atoms with Crippen molar-refractivity contribution in [1.82, 2.24) is 5.32 Å². The van der Waals surface area contributed by atoms with Gasteiger partial charge in [-0.15, -0.1) is 0 Å². The van der Waals surface area contributed by atoms with E-state index in [0.29, 0.717) is 4.47 Å². The Bertz CT molecular complexity index is 503. The minimum atomic E-state index is -0.793. The second-order valence-corrected chi connectivity index (χ2v) is 6.18. The van der Waals surface area contributed by atoms with Gasteiger partial charge in [-0.3, -0.25) is 0 Å². The molecule has 7 heteroatoms. The Balaban J connectivity index is 2.95. The molecule has 0 aliphatic carbocycles. The Kier molecular flexibility index (Phi) is 5.35. The van der Waals surface area contributed by atoms with E-state index in [4.69, 9.17) is 10.5 Å². The van der Waals surface area contributed by atoms with Crippen LogP contribution in [0.5, 0.6) is 5.75 Å². The first-order valence-electron chi connectivity index (χ1n) is 6.01. The van der Waals surface area contributed by atoms with Crippen molar-refractivity contribution in [3.8, 4) is 5.75 Å². The summed E-state index contributed by atoms with van der Waals surface area (Å²) >= 11 is 3.12. The first-order valence-corrected chi connectivity index (χ1v) is 6.81. The molecule has 0 saturated heterocycles. The lowest BCUT2D eigenvalue weighted by atomic mass is 10.1. The topological polar surface area (TPSA) is 84.6 Å². The van der Waals surface area contributed by atoms with Gasteiger partial charge in [-0.05, 0) is 32.9 Å². The van der Waals surface area contributed by atoms with Gasteiger partial charge >= 0.3 is 6.09 Å². The van der Waals surface area contributed by atoms with Gasteiger partial charge in [0.1, 0.15) is 5.60 Å². The monoisotopic (exact) mass is 348 g/mol. The molecule has 1 atom stereocenters. The number of nitrogens with one attached hydrogen (secondary N) is 1. The Morgan fingerprint density at radius 1 is 1.55 bits per heavy atom. The van der Waals surface area contributed by atoms with E-state index < -0.39 is 29.3 Å². The molecule has 0 saturated carbocycles. The molecule has 0 bridgehead atoms. The molecule has 0 aliphatic heterocycles. The Morgan fingerprint density at radius 3 is 2.65 bits per heavy atom. The molecular weight excluding hydrogens is 331 g/mol. The standard InChI is InChI=1S/C13H18BrFN2O3/c1-13(2,3)20-12(19)17-10(6-16)8-4-7(14)5-9(15)11(8)18/h4-5,10,18H,6,16H2,1-3H3,(H,17,19). The second kappa shape index (κ2) is 6.41. The number of alkyl carbamates (subject to hydrolysis) is 1. The lowest BCUT2D eigenvalue weighted by molar-refractivity contribution is 0.0504. The van der Waals surface area contributed by atoms with Crippen LogP contribution >= 0.6 is 15.9 Å². The van der Waals surface area contributed by atoms with Crippen LogP contribution in [0.3, 0.4) is 0 Å². The van der Waals surface area contributed by atoms with Crippen molar-refractivity contribution in [1.29, 1.82) is 0 Å². The van der Waals surface area contributed by atoms with Gasteiger partial charge < -0.3 is 20.9 Å². The van der Waals surface area contributed by atoms with E-state index in [2.05, 4.69) is 21.2 Å². The number of carbonyl (C=O) groups excluding carboxylic acids is 1. The van der Waals surface area contributed by atoms with Crippen molar-refractivity contribution in [2.24, 2.45) is 5.73 Å². The number of phenols is 1. The second-order valence-electron chi connectivity index (χ2n) is 5.26. The fourth-order valence-electron chi connectivity index (χ4n) is 1.56. The molecule has 1 aromatic rings. The summed E-state index contributed by atoms with van der Waals surface area (Å²) in [5.74, 6) is -1.33. The van der Waals surface area contributed by atoms with Crippen LogP contribution in [-0.2, 0) is 4.74 Å². The SMILES string of the molecule is CC(C)(C)OC(=O)NC(CN)c1cc(Br)cc(F)c1O. The van der Waals surface area contributed by atoms with E-state index in [9.17, 15) is 14.3 Å². The van der Waals surface area contributed by atoms with E-state index >= 15 is 0 Å². The maximum atomic E-state index is 13.5. The molecule has 0 fully saturated rings. The highest BCUT2D eigenvalue weighted by atomic mass is 79.9. The van der Waals surface area contributed by atoms with Gasteiger partial charge in [0.25, 0.3) is 0 Å². The number of phenolic OH excluding ortho intramolecular Hbond substituents is 1. The first kappa shape index (κ1) is 16.7. The summed E-state index contributed by atoms with van der Waals surface area (Å²) in [7, 11) is 0. The molecule has 4 N–H and O–H groups in total. The van der Waals surface area contributed by atoms with Crippen molar-refractivity contribution in [3.05, 3.63) is 28.0 Å². The number of carbonyl (C=O) groups is 1. The van der Waals surface area contributed by atoms with Gasteiger partial charge in [-0.2, -0.15) is 0 Å². The minimum Gasteiger partial charge on any atom is -0.505 e. The van der Waals surface area contributed by atoms with Crippen LogP contribution in [0.2, 0.25) is 0 Å². The zero-order valence-electron chi connectivity index (χ0n) is 11.5. The minimum absolute atomic E-state index is 0.0112. The number of benzene rings is 1. The van der Waals surface area contributed by atoms with Crippen molar-refractivity contribution >= 4 is 22.0 Å². The van der Waals surface area contributed by atoms with E-state index in [1.807, 2.05) is 0 Å². The third-order valence-corrected chi connectivity index (χ3v) is 2.82. The molecule has 0 spiro atoms. The lowest BCUT2D eigenvalue weighted by Gasteiger charge is -2.23. The molecule has 112 valence electrons. The largest absolute Gasteiger partial charge is 0.505 e. The summed E-state index contributed by atoms with van der Waals surface area (Å²) in [6.07, 6.45) is -0.687. The molecule has 1 rings (SSSR count). The van der Waals surface area contributed by atoms with E-state index in [1.54, 1.807) is 20.8 Å². The zero-order valence-corrected chi connectivity index (χ0v) is 13.1. The van der Waals surface area contributed by atoms with Crippen LogP contribution in [0.25, 0.3) is 0 Å². The maximum Gasteiger partial charge on any atom is 0.408 e. The smallest absolute Gasteiger partial charge is 0.408 e. The molecular formula is C13H18BrFN2O3. The number of amides is 1. The zero-order chi connectivity index (χ0) is 15.5. The van der Waals surface area contributed by atoms with Crippen LogP contribution in [0.1, 0.15) is 32.4 Å². The van der Waals surface area contributed by atoms with Crippen LogP contribution in [-0.4, -0.2) is 23.3 Å². The Labute approximate surface area is 125 Å². The third kappa shape index (κ3) is 4.64. The van der Waals surface area contributed by atoms with Crippen molar-refractivity contribution < 1.29 is 19.0 Å². The molecule has 20 heavy (non-hydrogen) atoms. The predicted molar refractivity (Wildman–Crippen MR) is 76.9 cm³/mol. The van der Waals surface area contributed by atoms with E-state index in [1.165, 1.54) is 6.07 Å². The molecule has 0 aromatic heterocycles. The molecule has 1 aromatic carbocycles. The van der Waals surface area contributed by atoms with Crippen LogP contribution < -0.4 is 11.1 Å². The van der Waals surface area contributed by atoms with Crippen molar-refractivity contribution in [2.75, 3.05) is 6.54 Å². The number of hydrogen-bond acceptors (Lipinski definition) is 4. The van der Waals surface area contributed by atoms with Gasteiger partial charge in [0.2, 0.25) is 0 Å². The summed E-state index contributed by atoms with van der Waals surface area (Å²) < 4.78 is 19.0. The number of nitrogens with two attached hydrogens (primary N) is 1. The summed E-state index contributed by atoms with van der Waals surface area (Å²) in [6.45, 7) is 5.16. The van der Waals surface area contributed by atoms with E-state index in [-0.39, 0.29) is 12.1 Å². The molecule has 1 amide bonds. The van der Waals surface area contributed by atoms with Gasteiger partial charge in [-0.1, -0.05) is 15.9 Å². The quantitative estimate of drug-likeness (QED) is 0.784. The van der Waals surface area contributed by atoms with Gasteiger partial charge in [0.15, 0.2) is 11.6 Å². The molecule has 0 aliphatic rings. The van der Waals surface area contributed by atoms with Gasteiger partial charge in [0.05, 0.1) is 6.04 Å². The highest BCUT2D eigenvalue weighted by molar-refractivity contribution is 9.10. The maximum absolute atomic E-state index is 13.5. The molecule has 5 nitrogen and oxygen atoms in total. The van der Waals surface area contributed by atoms with Crippen molar-refractivity contribution in [3.63, 3.8) is 0 Å². The molecule has 1 unspecified atom stereocenters. The Hall–Kier alpha value is -1.34. The normalized spacial score (nSPS) is 12.9. The van der Waals surface area contributed by atoms with Gasteiger partial charge in [-0.25, -0.2) is 9.18 Å². The predicted octanol–water partition coefficient (Wildman–Crippen LogP) is 2.82. The number of hydrogen-bond donors (Lipinski definition) is 3. The number of ether oxygens (including phenoxy) is 1. The number of halogens is 2. The average molecular weight is 349 g/mol. The summed E-state index contributed by atoms with van der Waals surface area (Å²) in [5.41, 5.74) is 5.09. The third-order valence-electron chi connectivity index (χ3n) is 2.36. The fourth-order valence-corrected chi connectivity index (χ4v) is 2.01. The summed E-state index contributed by atoms with van der Waals surface area (Å²) in [4.78, 5) is 11.7. The van der Waals surface area contributed by atoms with Crippen LogP contribution in [0.15, 0.2) is 16.6 Å².